The maximum absolute atomic E-state index is 13.2. The molecule has 0 fully saturated rings. The van der Waals surface area contributed by atoms with E-state index < -0.39 is 5.92 Å². The molecule has 6 nitrogen and oxygen atoms in total. The molecule has 3 rings (SSSR count). The van der Waals surface area contributed by atoms with E-state index in [1.807, 2.05) is 41.8 Å². The van der Waals surface area contributed by atoms with Crippen LogP contribution in [0.25, 0.3) is 0 Å². The molecule has 0 aliphatic rings. The number of unbranched alkanes of at least 4 members (excludes halogenated alkanes) is 1. The van der Waals surface area contributed by atoms with Gasteiger partial charge in [-0.2, -0.15) is 0 Å². The molecule has 150 valence electrons. The molecule has 2 aromatic carbocycles. The smallest absolute Gasteiger partial charge is 0.260 e. The molecule has 0 saturated heterocycles. The normalized spacial score (nSPS) is 11.8. The minimum absolute atomic E-state index is 0.136. The number of benzene rings is 2. The molecule has 0 N–H and O–H groups in total. The van der Waals surface area contributed by atoms with Crippen molar-refractivity contribution in [3.8, 4) is 0 Å². The summed E-state index contributed by atoms with van der Waals surface area (Å²) in [5.41, 5.74) is 2.13. The van der Waals surface area contributed by atoms with Crippen LogP contribution in [-0.4, -0.2) is 28.9 Å². The summed E-state index contributed by atoms with van der Waals surface area (Å²) >= 11 is 1.42. The van der Waals surface area contributed by atoms with Gasteiger partial charge >= 0.3 is 0 Å². The predicted octanol–water partition coefficient (Wildman–Crippen LogP) is 5.00. The van der Waals surface area contributed by atoms with Crippen LogP contribution in [0, 0.1) is 10.1 Å². The zero-order valence-electron chi connectivity index (χ0n) is 16.2. The predicted molar refractivity (Wildman–Crippen MR) is 115 cm³/mol. The lowest BCUT2D eigenvalue weighted by Crippen LogP contribution is -2.32. The van der Waals surface area contributed by atoms with E-state index in [1.54, 1.807) is 29.3 Å². The highest BCUT2D eigenvalue weighted by Gasteiger charge is 2.23. The van der Waals surface area contributed by atoms with E-state index >= 15 is 0 Å². The van der Waals surface area contributed by atoms with Gasteiger partial charge in [-0.15, -0.1) is 11.3 Å². The number of thiazole rings is 1. The molecular weight excluding hydrogens is 386 g/mol. The van der Waals surface area contributed by atoms with Gasteiger partial charge in [-0.25, -0.2) is 4.98 Å². The Morgan fingerprint density at radius 2 is 1.93 bits per heavy atom. The number of carbonyl (C=O) groups excluding carboxylic acids is 1. The quantitative estimate of drug-likeness (QED) is 0.368. The summed E-state index contributed by atoms with van der Waals surface area (Å²) in [5.74, 6) is -0.550. The second-order valence-electron chi connectivity index (χ2n) is 6.73. The fourth-order valence-corrected chi connectivity index (χ4v) is 3.90. The van der Waals surface area contributed by atoms with E-state index in [0.717, 1.165) is 24.0 Å². The second kappa shape index (κ2) is 9.93. The molecule has 1 heterocycles. The SMILES string of the molecule is CCCCN(C(=O)c1cccc(C(C[N+](=O)[O-])c2ccccc2)c1)c1nccs1. The Morgan fingerprint density at radius 3 is 2.59 bits per heavy atom. The van der Waals surface area contributed by atoms with E-state index in [1.165, 1.54) is 11.3 Å². The summed E-state index contributed by atoms with van der Waals surface area (Å²) in [4.78, 5) is 30.2. The minimum atomic E-state index is -0.414. The third-order valence-electron chi connectivity index (χ3n) is 4.70. The van der Waals surface area contributed by atoms with Crippen molar-refractivity contribution >= 4 is 22.4 Å². The lowest BCUT2D eigenvalue weighted by Gasteiger charge is -2.21. The molecule has 0 radical (unpaired) electrons. The van der Waals surface area contributed by atoms with Crippen LogP contribution in [-0.2, 0) is 0 Å². The van der Waals surface area contributed by atoms with Crippen molar-refractivity contribution in [2.45, 2.75) is 25.7 Å². The average Bonchev–Trinajstić information content (AvgIpc) is 3.27. The third-order valence-corrected chi connectivity index (χ3v) is 5.49. The monoisotopic (exact) mass is 409 g/mol. The van der Waals surface area contributed by atoms with Crippen LogP contribution in [0.3, 0.4) is 0 Å². The molecule has 7 heteroatoms. The number of hydrogen-bond acceptors (Lipinski definition) is 5. The Balaban J connectivity index is 1.94. The Morgan fingerprint density at radius 1 is 1.17 bits per heavy atom. The lowest BCUT2D eigenvalue weighted by molar-refractivity contribution is -0.481. The van der Waals surface area contributed by atoms with Gasteiger partial charge in [0.1, 0.15) is 0 Å². The molecular formula is C22H23N3O3S. The number of nitro groups is 1. The highest BCUT2D eigenvalue weighted by molar-refractivity contribution is 7.13. The summed E-state index contributed by atoms with van der Waals surface area (Å²) in [6.07, 6.45) is 3.53. The summed E-state index contributed by atoms with van der Waals surface area (Å²) in [6.45, 7) is 2.44. The van der Waals surface area contributed by atoms with Gasteiger partial charge in [-0.1, -0.05) is 55.8 Å². The number of rotatable bonds is 9. The van der Waals surface area contributed by atoms with Gasteiger partial charge in [0, 0.05) is 28.6 Å². The van der Waals surface area contributed by atoms with Crippen LogP contribution in [0.5, 0.6) is 0 Å². The van der Waals surface area contributed by atoms with Crippen LogP contribution in [0.2, 0.25) is 0 Å². The van der Waals surface area contributed by atoms with E-state index in [4.69, 9.17) is 0 Å². The van der Waals surface area contributed by atoms with Crippen molar-refractivity contribution in [2.24, 2.45) is 0 Å². The second-order valence-corrected chi connectivity index (χ2v) is 7.60. The molecule has 3 aromatic rings. The standard InChI is InChI=1S/C22H23N3O3S/c1-2-3-13-24(22-23-12-14-29-22)21(26)19-11-7-10-18(15-19)20(16-25(27)28)17-8-5-4-6-9-17/h4-12,14-15,20H,2-3,13,16H2,1H3. The topological polar surface area (TPSA) is 76.3 Å². The first-order valence-electron chi connectivity index (χ1n) is 9.58. The van der Waals surface area contributed by atoms with Gasteiger partial charge in [0.2, 0.25) is 6.54 Å². The van der Waals surface area contributed by atoms with E-state index in [0.29, 0.717) is 17.2 Å². The molecule has 29 heavy (non-hydrogen) atoms. The Bertz CT molecular complexity index is 945. The molecule has 0 aliphatic carbocycles. The van der Waals surface area contributed by atoms with Crippen molar-refractivity contribution in [1.82, 2.24) is 4.98 Å². The van der Waals surface area contributed by atoms with Crippen LogP contribution < -0.4 is 4.90 Å². The summed E-state index contributed by atoms with van der Waals surface area (Å²) in [7, 11) is 0. The van der Waals surface area contributed by atoms with Crippen molar-refractivity contribution in [3.05, 3.63) is 93.0 Å². The Labute approximate surface area is 174 Å². The lowest BCUT2D eigenvalue weighted by atomic mass is 9.90. The molecule has 1 atom stereocenters. The van der Waals surface area contributed by atoms with E-state index in [-0.39, 0.29) is 17.4 Å². The zero-order chi connectivity index (χ0) is 20.6. The maximum atomic E-state index is 13.2. The van der Waals surface area contributed by atoms with E-state index in [2.05, 4.69) is 11.9 Å². The summed E-state index contributed by atoms with van der Waals surface area (Å²) < 4.78 is 0. The van der Waals surface area contributed by atoms with E-state index in [9.17, 15) is 14.9 Å². The van der Waals surface area contributed by atoms with Crippen molar-refractivity contribution in [3.63, 3.8) is 0 Å². The van der Waals surface area contributed by atoms with Crippen LogP contribution >= 0.6 is 11.3 Å². The number of amides is 1. The van der Waals surface area contributed by atoms with Crippen LogP contribution in [0.15, 0.2) is 66.2 Å². The molecule has 1 aromatic heterocycles. The van der Waals surface area contributed by atoms with Gasteiger partial charge < -0.3 is 0 Å². The number of anilines is 1. The molecule has 1 unspecified atom stereocenters. The van der Waals surface area contributed by atoms with Crippen LogP contribution in [0.4, 0.5) is 5.13 Å². The number of hydrogen-bond donors (Lipinski definition) is 0. The zero-order valence-corrected chi connectivity index (χ0v) is 17.0. The molecule has 1 amide bonds. The largest absolute Gasteiger partial charge is 0.284 e. The van der Waals surface area contributed by atoms with Gasteiger partial charge in [0.25, 0.3) is 5.91 Å². The highest BCUT2D eigenvalue weighted by Crippen LogP contribution is 2.27. The first-order chi connectivity index (χ1) is 14.1. The van der Waals surface area contributed by atoms with Gasteiger partial charge in [0.05, 0.1) is 5.92 Å². The summed E-state index contributed by atoms with van der Waals surface area (Å²) in [6, 6.07) is 16.5. The fraction of sp³-hybridized carbons (Fsp3) is 0.273. The Hall–Kier alpha value is -3.06. The molecule has 0 bridgehead atoms. The maximum Gasteiger partial charge on any atom is 0.260 e. The minimum Gasteiger partial charge on any atom is -0.284 e. The molecule has 0 saturated carbocycles. The fourth-order valence-electron chi connectivity index (χ4n) is 3.23. The number of aromatic nitrogens is 1. The van der Waals surface area contributed by atoms with Crippen molar-refractivity contribution in [2.75, 3.05) is 18.0 Å². The molecule has 0 aliphatic heterocycles. The van der Waals surface area contributed by atoms with Crippen molar-refractivity contribution in [1.29, 1.82) is 0 Å². The first kappa shape index (κ1) is 20.7. The van der Waals surface area contributed by atoms with Gasteiger partial charge in [-0.3, -0.25) is 19.8 Å². The van der Waals surface area contributed by atoms with Crippen LogP contribution in [0.1, 0.15) is 47.2 Å². The first-order valence-corrected chi connectivity index (χ1v) is 10.5. The van der Waals surface area contributed by atoms with Gasteiger partial charge in [-0.05, 0) is 29.7 Å². The highest BCUT2D eigenvalue weighted by atomic mass is 32.1. The molecule has 0 spiro atoms. The summed E-state index contributed by atoms with van der Waals surface area (Å²) in [5, 5.41) is 13.8. The average molecular weight is 410 g/mol. The van der Waals surface area contributed by atoms with Crippen molar-refractivity contribution < 1.29 is 9.72 Å². The number of nitrogens with zero attached hydrogens (tertiary/aromatic N) is 3. The Kier molecular flexibility index (Phi) is 7.08. The number of carbonyl (C=O) groups is 1. The van der Waals surface area contributed by atoms with Gasteiger partial charge in [0.15, 0.2) is 5.13 Å². The third kappa shape index (κ3) is 5.26.